The van der Waals surface area contributed by atoms with E-state index in [2.05, 4.69) is 80.7 Å². The fourth-order valence-electron chi connectivity index (χ4n) is 5.81. The summed E-state index contributed by atoms with van der Waals surface area (Å²) in [6.07, 6.45) is 4.01. The lowest BCUT2D eigenvalue weighted by molar-refractivity contribution is 0.0294. The SMILES string of the molecule is C=C(OC(Cc1cc(C)c2[nH]ncc2c1)c1cccc(=O)[nH]1)N1CCC(N2Cc3ccccc3NC2=C)CC1. The fourth-order valence-corrected chi connectivity index (χ4v) is 5.81. The van der Waals surface area contributed by atoms with Crippen molar-refractivity contribution in [3.05, 3.63) is 118 Å². The number of aromatic nitrogens is 3. The molecule has 1 atom stereocenters. The van der Waals surface area contributed by atoms with Gasteiger partial charge in [-0.05, 0) is 61.2 Å². The molecule has 2 aliphatic heterocycles. The Kier molecular flexibility index (Phi) is 6.60. The van der Waals surface area contributed by atoms with Gasteiger partial charge in [0.15, 0.2) is 5.88 Å². The molecular formula is C31H34N6O2. The lowest BCUT2D eigenvalue weighted by Crippen LogP contribution is -2.46. The normalized spacial score (nSPS) is 16.6. The number of nitrogens with one attached hydrogen (secondary N) is 3. The van der Waals surface area contributed by atoms with Crippen LogP contribution in [0.3, 0.4) is 0 Å². The number of ether oxygens (including phenoxy) is 1. The molecule has 2 aromatic heterocycles. The number of fused-ring (bicyclic) bond motifs is 2. The number of para-hydroxylation sites is 1. The number of hydrogen-bond donors (Lipinski definition) is 3. The number of piperidine rings is 1. The smallest absolute Gasteiger partial charge is 0.248 e. The molecule has 3 N–H and O–H groups in total. The molecular weight excluding hydrogens is 488 g/mol. The van der Waals surface area contributed by atoms with E-state index in [1.54, 1.807) is 6.07 Å². The van der Waals surface area contributed by atoms with E-state index in [-0.39, 0.29) is 11.7 Å². The van der Waals surface area contributed by atoms with Gasteiger partial charge in [-0.15, -0.1) is 0 Å². The Morgan fingerprint density at radius 2 is 1.97 bits per heavy atom. The second-order valence-electron chi connectivity index (χ2n) is 10.5. The van der Waals surface area contributed by atoms with Crippen molar-refractivity contribution in [3.8, 4) is 0 Å². The van der Waals surface area contributed by atoms with Gasteiger partial charge in [-0.1, -0.05) is 36.9 Å². The van der Waals surface area contributed by atoms with Crippen molar-refractivity contribution < 1.29 is 4.74 Å². The van der Waals surface area contributed by atoms with Crippen LogP contribution in [0.5, 0.6) is 0 Å². The third kappa shape index (κ3) is 5.14. The fraction of sp³-hybridized carbons (Fsp3) is 0.290. The minimum Gasteiger partial charge on any atom is -0.470 e. The summed E-state index contributed by atoms with van der Waals surface area (Å²) in [5.74, 6) is 1.59. The first-order valence-electron chi connectivity index (χ1n) is 13.5. The number of pyridine rings is 1. The van der Waals surface area contributed by atoms with Crippen LogP contribution in [0.1, 0.15) is 41.3 Å². The van der Waals surface area contributed by atoms with Crippen molar-refractivity contribution in [2.45, 2.75) is 44.9 Å². The lowest BCUT2D eigenvalue weighted by Gasteiger charge is -2.43. The highest BCUT2D eigenvalue weighted by molar-refractivity contribution is 5.81. The van der Waals surface area contributed by atoms with Gasteiger partial charge < -0.3 is 24.8 Å². The molecule has 0 radical (unpaired) electrons. The van der Waals surface area contributed by atoms with E-state index in [0.717, 1.165) is 71.7 Å². The summed E-state index contributed by atoms with van der Waals surface area (Å²) in [5, 5.41) is 11.8. The Morgan fingerprint density at radius 1 is 1.15 bits per heavy atom. The number of hydrogen-bond acceptors (Lipinski definition) is 6. The van der Waals surface area contributed by atoms with Crippen LogP contribution in [0.2, 0.25) is 0 Å². The topological polar surface area (TPSA) is 89.3 Å². The van der Waals surface area contributed by atoms with Crippen LogP contribution < -0.4 is 10.9 Å². The molecule has 39 heavy (non-hydrogen) atoms. The van der Waals surface area contributed by atoms with E-state index in [4.69, 9.17) is 4.74 Å². The molecule has 4 aromatic rings. The summed E-state index contributed by atoms with van der Waals surface area (Å²) in [7, 11) is 0. The minimum absolute atomic E-state index is 0.147. The van der Waals surface area contributed by atoms with Gasteiger partial charge >= 0.3 is 0 Å². The Balaban J connectivity index is 1.14. The van der Waals surface area contributed by atoms with E-state index in [1.807, 2.05) is 18.3 Å². The van der Waals surface area contributed by atoms with Gasteiger partial charge in [0, 0.05) is 49.2 Å². The molecule has 200 valence electrons. The monoisotopic (exact) mass is 522 g/mol. The second-order valence-corrected chi connectivity index (χ2v) is 10.5. The molecule has 2 aromatic carbocycles. The van der Waals surface area contributed by atoms with Gasteiger partial charge in [-0.2, -0.15) is 5.10 Å². The van der Waals surface area contributed by atoms with Gasteiger partial charge in [0.25, 0.3) is 0 Å². The summed E-state index contributed by atoms with van der Waals surface area (Å²) in [6.45, 7) is 13.2. The Bertz CT molecular complexity index is 1580. The van der Waals surface area contributed by atoms with E-state index in [9.17, 15) is 4.79 Å². The van der Waals surface area contributed by atoms with Crippen molar-refractivity contribution in [3.63, 3.8) is 0 Å². The van der Waals surface area contributed by atoms with Gasteiger partial charge in [-0.25, -0.2) is 0 Å². The van der Waals surface area contributed by atoms with Crippen molar-refractivity contribution in [1.29, 1.82) is 0 Å². The van der Waals surface area contributed by atoms with Crippen LogP contribution in [0, 0.1) is 6.92 Å². The largest absolute Gasteiger partial charge is 0.470 e. The first-order chi connectivity index (χ1) is 18.9. The number of nitrogens with zero attached hydrogens (tertiary/aromatic N) is 3. The minimum atomic E-state index is -0.379. The predicted octanol–water partition coefficient (Wildman–Crippen LogP) is 5.19. The van der Waals surface area contributed by atoms with Gasteiger partial charge in [0.1, 0.15) is 6.10 Å². The molecule has 0 amide bonds. The maximum Gasteiger partial charge on any atom is 0.248 e. The third-order valence-corrected chi connectivity index (χ3v) is 7.88. The molecule has 1 fully saturated rings. The second kappa shape index (κ2) is 10.4. The molecule has 8 nitrogen and oxygen atoms in total. The Hall–Kier alpha value is -4.46. The molecule has 1 unspecified atom stereocenters. The highest BCUT2D eigenvalue weighted by atomic mass is 16.5. The van der Waals surface area contributed by atoms with E-state index in [0.29, 0.717) is 18.3 Å². The van der Waals surface area contributed by atoms with Gasteiger partial charge in [0.05, 0.1) is 23.2 Å². The molecule has 2 aliphatic rings. The predicted molar refractivity (Wildman–Crippen MR) is 154 cm³/mol. The maximum absolute atomic E-state index is 12.1. The van der Waals surface area contributed by atoms with E-state index in [1.165, 1.54) is 11.6 Å². The number of anilines is 1. The lowest BCUT2D eigenvalue weighted by atomic mass is 10.00. The highest BCUT2D eigenvalue weighted by Crippen LogP contribution is 2.32. The maximum atomic E-state index is 12.1. The zero-order chi connectivity index (χ0) is 26.9. The summed E-state index contributed by atoms with van der Waals surface area (Å²) in [4.78, 5) is 19.7. The number of rotatable bonds is 7. The van der Waals surface area contributed by atoms with Crippen molar-refractivity contribution >= 4 is 16.6 Å². The molecule has 0 spiro atoms. The van der Waals surface area contributed by atoms with Crippen LogP contribution in [-0.4, -0.2) is 44.1 Å². The molecule has 6 rings (SSSR count). The van der Waals surface area contributed by atoms with Crippen LogP contribution >= 0.6 is 0 Å². The summed E-state index contributed by atoms with van der Waals surface area (Å²) in [6, 6.07) is 18.3. The van der Waals surface area contributed by atoms with Crippen molar-refractivity contribution in [2.75, 3.05) is 18.4 Å². The molecule has 0 saturated carbocycles. The van der Waals surface area contributed by atoms with Crippen LogP contribution in [0.25, 0.3) is 10.9 Å². The zero-order valence-corrected chi connectivity index (χ0v) is 22.2. The van der Waals surface area contributed by atoms with Crippen LogP contribution in [-0.2, 0) is 17.7 Å². The van der Waals surface area contributed by atoms with Crippen molar-refractivity contribution in [1.82, 2.24) is 25.0 Å². The number of aromatic amines is 2. The van der Waals surface area contributed by atoms with Gasteiger partial charge in [-0.3, -0.25) is 9.89 Å². The average Bonchev–Trinajstić information content (AvgIpc) is 3.42. The highest BCUT2D eigenvalue weighted by Gasteiger charge is 2.30. The number of aryl methyl sites for hydroxylation is 1. The van der Waals surface area contributed by atoms with E-state index >= 15 is 0 Å². The standard InChI is InChI=1S/C31H34N6O2/c1-20-15-23(16-25-18-32-35-31(20)25)17-29(28-9-6-10-30(38)34-28)39-22(3)36-13-11-26(12-14-36)37-19-24-7-4-5-8-27(24)33-21(37)2/h4-10,15-16,18,26,29,33H,2-3,11-14,17,19H2,1H3,(H,32,35)(H,34,38). The number of H-pyrrole nitrogens is 2. The van der Waals surface area contributed by atoms with E-state index < -0.39 is 0 Å². The first kappa shape index (κ1) is 24.9. The summed E-state index contributed by atoms with van der Waals surface area (Å²) in [5.41, 5.74) is 6.29. The van der Waals surface area contributed by atoms with Crippen LogP contribution in [0.4, 0.5) is 5.69 Å². The molecule has 0 bridgehead atoms. The average molecular weight is 523 g/mol. The summed E-state index contributed by atoms with van der Waals surface area (Å²) >= 11 is 0. The molecule has 0 aliphatic carbocycles. The van der Waals surface area contributed by atoms with Crippen LogP contribution in [0.15, 0.2) is 90.5 Å². The molecule has 8 heteroatoms. The third-order valence-electron chi connectivity index (χ3n) is 7.88. The Morgan fingerprint density at radius 3 is 2.79 bits per heavy atom. The summed E-state index contributed by atoms with van der Waals surface area (Å²) < 4.78 is 6.51. The zero-order valence-electron chi connectivity index (χ0n) is 22.2. The molecule has 1 saturated heterocycles. The first-order valence-corrected chi connectivity index (χ1v) is 13.5. The van der Waals surface area contributed by atoms with Crippen molar-refractivity contribution in [2.24, 2.45) is 0 Å². The molecule has 4 heterocycles. The Labute approximate surface area is 228 Å². The number of benzene rings is 2. The quantitative estimate of drug-likeness (QED) is 0.289. The number of likely N-dealkylation sites (tertiary alicyclic amines) is 1. The van der Waals surface area contributed by atoms with Gasteiger partial charge in [0.2, 0.25) is 5.56 Å².